The molecule has 1 aliphatic carbocycles. The van der Waals surface area contributed by atoms with Gasteiger partial charge in [0.1, 0.15) is 0 Å². The van der Waals surface area contributed by atoms with Crippen LogP contribution in [0.15, 0.2) is 11.0 Å². The Kier molecular flexibility index (Phi) is 1.48. The summed E-state index contributed by atoms with van der Waals surface area (Å²) >= 11 is 0. The molecule has 5 nitrogen and oxygen atoms in total. The molecule has 0 amide bonds. The maximum Gasteiger partial charge on any atom is 0.274 e. The third-order valence-electron chi connectivity index (χ3n) is 2.78. The number of aromatic amines is 1. The van der Waals surface area contributed by atoms with Crippen LogP contribution in [0.5, 0.6) is 0 Å². The number of hydrogen-bond acceptors (Lipinski definition) is 2. The second-order valence-corrected chi connectivity index (χ2v) is 3.63. The zero-order valence-corrected chi connectivity index (χ0v) is 7.95. The lowest BCUT2D eigenvalue weighted by Crippen LogP contribution is -2.19. The van der Waals surface area contributed by atoms with E-state index in [9.17, 15) is 4.79 Å². The van der Waals surface area contributed by atoms with E-state index in [0.717, 1.165) is 30.5 Å². The van der Waals surface area contributed by atoms with Gasteiger partial charge in [-0.15, -0.1) is 0 Å². The first-order chi connectivity index (χ1) is 7.31. The first kappa shape index (κ1) is 8.24. The minimum absolute atomic E-state index is 0.0533. The van der Waals surface area contributed by atoms with Gasteiger partial charge in [0.2, 0.25) is 5.69 Å². The van der Waals surface area contributed by atoms with E-state index in [1.165, 1.54) is 10.7 Å². The standard InChI is InChI=1S/C10H8N4O/c1-11-8-5-12-14-9(8)13-7-4-2-3-6(7)10(14)15/h5,12H,2-4H2. The molecule has 5 heteroatoms. The molecule has 2 heterocycles. The number of rotatable bonds is 0. The predicted octanol–water partition coefficient (Wildman–Crippen LogP) is 1.06. The monoisotopic (exact) mass is 200 g/mol. The minimum atomic E-state index is -0.0533. The highest BCUT2D eigenvalue weighted by Crippen LogP contribution is 2.21. The van der Waals surface area contributed by atoms with Crippen molar-refractivity contribution in [2.75, 3.05) is 0 Å². The molecule has 1 aliphatic rings. The van der Waals surface area contributed by atoms with E-state index in [-0.39, 0.29) is 5.56 Å². The van der Waals surface area contributed by atoms with Gasteiger partial charge in [0, 0.05) is 11.8 Å². The molecule has 0 fully saturated rings. The number of fused-ring (bicyclic) bond motifs is 2. The number of aryl methyl sites for hydroxylation is 1. The van der Waals surface area contributed by atoms with Crippen molar-refractivity contribution in [3.05, 3.63) is 39.2 Å². The molecule has 0 radical (unpaired) electrons. The van der Waals surface area contributed by atoms with Crippen LogP contribution in [0.25, 0.3) is 10.5 Å². The van der Waals surface area contributed by atoms with Gasteiger partial charge < -0.3 is 5.10 Å². The number of nitrogens with one attached hydrogen (secondary N) is 1. The maximum absolute atomic E-state index is 11.9. The predicted molar refractivity (Wildman–Crippen MR) is 54.1 cm³/mol. The second kappa shape index (κ2) is 2.70. The molecular formula is C10H8N4O. The lowest BCUT2D eigenvalue weighted by molar-refractivity contribution is 0.870. The minimum Gasteiger partial charge on any atom is -0.308 e. The highest BCUT2D eigenvalue weighted by molar-refractivity contribution is 5.67. The van der Waals surface area contributed by atoms with Crippen molar-refractivity contribution in [3.8, 4) is 0 Å². The molecule has 0 unspecified atom stereocenters. The molecule has 0 atom stereocenters. The van der Waals surface area contributed by atoms with Gasteiger partial charge in [-0.3, -0.25) is 4.79 Å². The fourth-order valence-electron chi connectivity index (χ4n) is 2.05. The van der Waals surface area contributed by atoms with Crippen molar-refractivity contribution in [3.63, 3.8) is 0 Å². The fraction of sp³-hybridized carbons (Fsp3) is 0.300. The van der Waals surface area contributed by atoms with Crippen LogP contribution in [-0.2, 0) is 12.8 Å². The van der Waals surface area contributed by atoms with Crippen molar-refractivity contribution in [2.24, 2.45) is 0 Å². The molecule has 2 aromatic rings. The van der Waals surface area contributed by atoms with Crippen LogP contribution in [-0.4, -0.2) is 14.6 Å². The molecule has 3 rings (SSSR count). The van der Waals surface area contributed by atoms with Gasteiger partial charge in [0.05, 0.1) is 12.3 Å². The summed E-state index contributed by atoms with van der Waals surface area (Å²) in [5.74, 6) is 0. The average Bonchev–Trinajstić information content (AvgIpc) is 2.83. The van der Waals surface area contributed by atoms with Crippen LogP contribution in [0.4, 0.5) is 5.69 Å². The van der Waals surface area contributed by atoms with Crippen molar-refractivity contribution in [2.45, 2.75) is 19.3 Å². The van der Waals surface area contributed by atoms with Crippen LogP contribution in [0.2, 0.25) is 0 Å². The lowest BCUT2D eigenvalue weighted by Gasteiger charge is -1.99. The van der Waals surface area contributed by atoms with Gasteiger partial charge in [0.15, 0.2) is 5.65 Å². The first-order valence-electron chi connectivity index (χ1n) is 4.80. The first-order valence-corrected chi connectivity index (χ1v) is 4.80. The summed E-state index contributed by atoms with van der Waals surface area (Å²) in [4.78, 5) is 19.6. The smallest absolute Gasteiger partial charge is 0.274 e. The Morgan fingerprint density at radius 2 is 2.40 bits per heavy atom. The van der Waals surface area contributed by atoms with E-state index in [2.05, 4.69) is 14.9 Å². The summed E-state index contributed by atoms with van der Waals surface area (Å²) in [6.45, 7) is 6.96. The van der Waals surface area contributed by atoms with Crippen LogP contribution in [0, 0.1) is 6.57 Å². The fourth-order valence-corrected chi connectivity index (χ4v) is 2.05. The zero-order chi connectivity index (χ0) is 10.4. The van der Waals surface area contributed by atoms with Crippen molar-refractivity contribution < 1.29 is 0 Å². The third-order valence-corrected chi connectivity index (χ3v) is 2.78. The summed E-state index contributed by atoms with van der Waals surface area (Å²) in [7, 11) is 0. The Balaban J connectivity index is 2.50. The van der Waals surface area contributed by atoms with E-state index in [1.54, 1.807) is 0 Å². The summed E-state index contributed by atoms with van der Waals surface area (Å²) in [5.41, 5.74) is 2.47. The van der Waals surface area contributed by atoms with Gasteiger partial charge in [-0.1, -0.05) is 0 Å². The summed E-state index contributed by atoms with van der Waals surface area (Å²) < 4.78 is 1.36. The maximum atomic E-state index is 11.9. The molecule has 0 saturated heterocycles. The zero-order valence-electron chi connectivity index (χ0n) is 7.95. The van der Waals surface area contributed by atoms with Gasteiger partial charge in [-0.05, 0) is 19.3 Å². The van der Waals surface area contributed by atoms with Crippen molar-refractivity contribution >= 4 is 11.3 Å². The molecule has 74 valence electrons. The topological polar surface area (TPSA) is 54.5 Å². The molecule has 0 spiro atoms. The molecule has 0 aromatic carbocycles. The van der Waals surface area contributed by atoms with Crippen LogP contribution in [0.1, 0.15) is 17.7 Å². The Morgan fingerprint density at radius 3 is 3.20 bits per heavy atom. The Morgan fingerprint density at radius 1 is 1.53 bits per heavy atom. The van der Waals surface area contributed by atoms with E-state index >= 15 is 0 Å². The highest BCUT2D eigenvalue weighted by Gasteiger charge is 2.19. The van der Waals surface area contributed by atoms with Crippen molar-refractivity contribution in [1.82, 2.24) is 14.6 Å². The average molecular weight is 200 g/mol. The molecule has 15 heavy (non-hydrogen) atoms. The number of aromatic nitrogens is 3. The van der Waals surface area contributed by atoms with Gasteiger partial charge in [-0.25, -0.2) is 14.3 Å². The molecule has 1 N–H and O–H groups in total. The number of H-pyrrole nitrogens is 1. The summed E-state index contributed by atoms with van der Waals surface area (Å²) in [5, 5.41) is 2.76. The number of hydrogen-bond donors (Lipinski definition) is 1. The van der Waals surface area contributed by atoms with Crippen LogP contribution >= 0.6 is 0 Å². The van der Waals surface area contributed by atoms with Gasteiger partial charge >= 0.3 is 0 Å². The van der Waals surface area contributed by atoms with Crippen LogP contribution in [0.3, 0.4) is 0 Å². The largest absolute Gasteiger partial charge is 0.308 e. The van der Waals surface area contributed by atoms with Crippen LogP contribution < -0.4 is 5.56 Å². The number of nitrogens with zero attached hydrogens (tertiary/aromatic N) is 3. The molecule has 2 aromatic heterocycles. The Hall–Kier alpha value is -2.09. The molecule has 0 saturated carbocycles. The summed E-state index contributed by atoms with van der Waals surface area (Å²) in [6.07, 6.45) is 4.16. The SMILES string of the molecule is [C-]#[N+]c1c[nH]n2c(=O)c3c(nc12)CCC3. The van der Waals surface area contributed by atoms with E-state index in [1.807, 2.05) is 0 Å². The van der Waals surface area contributed by atoms with Crippen molar-refractivity contribution in [1.29, 1.82) is 0 Å². The second-order valence-electron chi connectivity index (χ2n) is 3.63. The third kappa shape index (κ3) is 0.960. The lowest BCUT2D eigenvalue weighted by atomic mass is 10.2. The van der Waals surface area contributed by atoms with E-state index in [0.29, 0.717) is 11.3 Å². The van der Waals surface area contributed by atoms with E-state index in [4.69, 9.17) is 6.57 Å². The molecule has 0 aliphatic heterocycles. The normalized spacial score (nSPS) is 14.1. The molecule has 0 bridgehead atoms. The highest BCUT2D eigenvalue weighted by atomic mass is 16.1. The Labute approximate surface area is 85.2 Å². The quantitative estimate of drug-likeness (QED) is 0.646. The summed E-state index contributed by atoms with van der Waals surface area (Å²) in [6, 6.07) is 0. The van der Waals surface area contributed by atoms with E-state index < -0.39 is 0 Å². The molecular weight excluding hydrogens is 192 g/mol. The Bertz CT molecular complexity index is 644. The van der Waals surface area contributed by atoms with Gasteiger partial charge in [-0.2, -0.15) is 0 Å². The van der Waals surface area contributed by atoms with Gasteiger partial charge in [0.25, 0.3) is 5.56 Å².